The standard InChI is InChI=1S/C26H36FN3O4S/c1-5-6-16-28-26(32)21(3)29(19-22-12-7-8-14-24(22)27)25(31)15-10-17-30(35(4,33)34)23-13-9-11-20(2)18-23/h7-9,11-14,18,21H,5-6,10,15-17,19H2,1-4H3,(H,28,32). The Kier molecular flexibility index (Phi) is 10.7. The SMILES string of the molecule is CCCCNC(=O)C(C)N(Cc1ccccc1F)C(=O)CCCN(c1cccc(C)c1)S(C)(=O)=O. The maximum Gasteiger partial charge on any atom is 0.242 e. The van der Waals surface area contributed by atoms with Gasteiger partial charge >= 0.3 is 0 Å². The van der Waals surface area contributed by atoms with E-state index in [0.717, 1.165) is 24.7 Å². The molecule has 0 saturated carbocycles. The molecular formula is C26H36FN3O4S. The summed E-state index contributed by atoms with van der Waals surface area (Å²) in [4.78, 5) is 27.3. The van der Waals surface area contributed by atoms with E-state index in [4.69, 9.17) is 0 Å². The number of benzene rings is 2. The smallest absolute Gasteiger partial charge is 0.242 e. The fourth-order valence-corrected chi connectivity index (χ4v) is 4.67. The number of halogens is 1. The van der Waals surface area contributed by atoms with Crippen molar-refractivity contribution < 1.29 is 22.4 Å². The summed E-state index contributed by atoms with van der Waals surface area (Å²) in [5.74, 6) is -1.10. The minimum Gasteiger partial charge on any atom is -0.354 e. The minimum atomic E-state index is -3.55. The normalized spacial score (nSPS) is 12.1. The first-order chi connectivity index (χ1) is 16.5. The Balaban J connectivity index is 2.15. The molecule has 2 amide bonds. The molecule has 0 spiro atoms. The number of unbranched alkanes of at least 4 members (excludes halogenated alkanes) is 1. The van der Waals surface area contributed by atoms with Gasteiger partial charge in [-0.05, 0) is 50.5 Å². The van der Waals surface area contributed by atoms with Crippen molar-refractivity contribution in [2.75, 3.05) is 23.7 Å². The summed E-state index contributed by atoms with van der Waals surface area (Å²) in [5, 5.41) is 2.83. The van der Waals surface area contributed by atoms with Gasteiger partial charge < -0.3 is 10.2 Å². The van der Waals surface area contributed by atoms with Crippen molar-refractivity contribution in [2.45, 2.75) is 59.0 Å². The zero-order chi connectivity index (χ0) is 26.0. The van der Waals surface area contributed by atoms with Crippen molar-refractivity contribution in [3.05, 3.63) is 65.5 Å². The molecule has 2 rings (SSSR count). The van der Waals surface area contributed by atoms with E-state index in [-0.39, 0.29) is 37.7 Å². The zero-order valence-corrected chi connectivity index (χ0v) is 21.8. The van der Waals surface area contributed by atoms with Gasteiger partial charge in [-0.3, -0.25) is 13.9 Å². The van der Waals surface area contributed by atoms with Crippen LogP contribution in [0.4, 0.5) is 10.1 Å². The van der Waals surface area contributed by atoms with Crippen molar-refractivity contribution in [3.63, 3.8) is 0 Å². The Morgan fingerprint density at radius 1 is 1.09 bits per heavy atom. The number of hydrogen-bond acceptors (Lipinski definition) is 4. The van der Waals surface area contributed by atoms with E-state index in [9.17, 15) is 22.4 Å². The van der Waals surface area contributed by atoms with Gasteiger partial charge in [-0.2, -0.15) is 0 Å². The van der Waals surface area contributed by atoms with Gasteiger partial charge in [-0.1, -0.05) is 43.7 Å². The van der Waals surface area contributed by atoms with Crippen LogP contribution in [0.5, 0.6) is 0 Å². The van der Waals surface area contributed by atoms with Crippen LogP contribution in [0.1, 0.15) is 50.7 Å². The third-order valence-electron chi connectivity index (χ3n) is 5.74. The Labute approximate surface area is 208 Å². The molecule has 0 aliphatic carbocycles. The highest BCUT2D eigenvalue weighted by molar-refractivity contribution is 7.92. The number of rotatable bonds is 13. The van der Waals surface area contributed by atoms with E-state index in [1.54, 1.807) is 43.3 Å². The van der Waals surface area contributed by atoms with Crippen molar-refractivity contribution in [1.82, 2.24) is 10.2 Å². The molecule has 0 bridgehead atoms. The molecule has 7 nitrogen and oxygen atoms in total. The quantitative estimate of drug-likeness (QED) is 0.417. The van der Waals surface area contributed by atoms with Crippen LogP contribution in [0, 0.1) is 12.7 Å². The van der Waals surface area contributed by atoms with Crippen LogP contribution in [0.25, 0.3) is 0 Å². The van der Waals surface area contributed by atoms with Crippen LogP contribution in [0.3, 0.4) is 0 Å². The van der Waals surface area contributed by atoms with Gasteiger partial charge in [-0.25, -0.2) is 12.8 Å². The van der Waals surface area contributed by atoms with E-state index < -0.39 is 21.9 Å². The summed E-state index contributed by atoms with van der Waals surface area (Å²) in [6, 6.07) is 12.5. The lowest BCUT2D eigenvalue weighted by atomic mass is 10.1. The number of nitrogens with zero attached hydrogens (tertiary/aromatic N) is 2. The summed E-state index contributed by atoms with van der Waals surface area (Å²) in [6.45, 7) is 6.07. The Bertz CT molecular complexity index is 1110. The van der Waals surface area contributed by atoms with Gasteiger partial charge in [0.25, 0.3) is 0 Å². The lowest BCUT2D eigenvalue weighted by Crippen LogP contribution is -2.48. The van der Waals surface area contributed by atoms with Crippen molar-refractivity contribution in [1.29, 1.82) is 0 Å². The van der Waals surface area contributed by atoms with Gasteiger partial charge in [0.2, 0.25) is 21.8 Å². The summed E-state index contributed by atoms with van der Waals surface area (Å²) in [6.07, 6.45) is 3.13. The topological polar surface area (TPSA) is 86.8 Å². The van der Waals surface area contributed by atoms with Gasteiger partial charge in [0.15, 0.2) is 0 Å². The lowest BCUT2D eigenvalue weighted by molar-refractivity contribution is -0.140. The zero-order valence-electron chi connectivity index (χ0n) is 21.0. The average molecular weight is 506 g/mol. The summed E-state index contributed by atoms with van der Waals surface area (Å²) < 4.78 is 40.4. The second kappa shape index (κ2) is 13.2. The third-order valence-corrected chi connectivity index (χ3v) is 6.93. The molecule has 0 fully saturated rings. The molecule has 192 valence electrons. The summed E-state index contributed by atoms with van der Waals surface area (Å²) in [7, 11) is -3.55. The molecule has 0 radical (unpaired) electrons. The first-order valence-corrected chi connectivity index (χ1v) is 13.7. The van der Waals surface area contributed by atoms with Gasteiger partial charge in [-0.15, -0.1) is 0 Å². The summed E-state index contributed by atoms with van der Waals surface area (Å²) >= 11 is 0. The highest BCUT2D eigenvalue weighted by Crippen LogP contribution is 2.20. The van der Waals surface area contributed by atoms with Crippen LogP contribution in [0.15, 0.2) is 48.5 Å². The predicted molar refractivity (Wildman–Crippen MR) is 137 cm³/mol. The molecule has 2 aromatic rings. The van der Waals surface area contributed by atoms with Gasteiger partial charge in [0, 0.05) is 31.6 Å². The highest BCUT2D eigenvalue weighted by atomic mass is 32.2. The molecule has 35 heavy (non-hydrogen) atoms. The number of sulfonamides is 1. The van der Waals surface area contributed by atoms with Crippen LogP contribution >= 0.6 is 0 Å². The number of hydrogen-bond donors (Lipinski definition) is 1. The number of amides is 2. The lowest BCUT2D eigenvalue weighted by Gasteiger charge is -2.29. The third kappa shape index (κ3) is 8.65. The fraction of sp³-hybridized carbons (Fsp3) is 0.462. The molecule has 0 aliphatic rings. The summed E-state index contributed by atoms with van der Waals surface area (Å²) in [5.41, 5.74) is 1.77. The van der Waals surface area contributed by atoms with E-state index in [2.05, 4.69) is 5.32 Å². The Hall–Kier alpha value is -2.94. The highest BCUT2D eigenvalue weighted by Gasteiger charge is 2.27. The minimum absolute atomic E-state index is 0.0128. The second-order valence-electron chi connectivity index (χ2n) is 8.71. The second-order valence-corrected chi connectivity index (χ2v) is 10.6. The van der Waals surface area contributed by atoms with E-state index in [1.807, 2.05) is 19.9 Å². The fourth-order valence-electron chi connectivity index (χ4n) is 3.72. The van der Waals surface area contributed by atoms with Crippen LogP contribution < -0.4 is 9.62 Å². The molecule has 1 unspecified atom stereocenters. The number of carbonyl (C=O) groups excluding carboxylic acids is 2. The molecule has 0 saturated heterocycles. The first kappa shape index (κ1) is 28.3. The number of anilines is 1. The maximum atomic E-state index is 14.3. The maximum absolute atomic E-state index is 14.3. The molecule has 2 aromatic carbocycles. The molecular weight excluding hydrogens is 469 g/mol. The molecule has 0 heterocycles. The number of carbonyl (C=O) groups is 2. The van der Waals surface area contributed by atoms with Gasteiger partial charge in [0.1, 0.15) is 11.9 Å². The average Bonchev–Trinajstić information content (AvgIpc) is 2.80. The first-order valence-electron chi connectivity index (χ1n) is 11.9. The number of nitrogens with one attached hydrogen (secondary N) is 1. The van der Waals surface area contributed by atoms with E-state index in [0.29, 0.717) is 17.8 Å². The van der Waals surface area contributed by atoms with Crippen LogP contribution in [-0.4, -0.2) is 50.5 Å². The van der Waals surface area contributed by atoms with E-state index in [1.165, 1.54) is 15.3 Å². The Morgan fingerprint density at radius 2 is 1.80 bits per heavy atom. The molecule has 1 atom stereocenters. The van der Waals surface area contributed by atoms with Crippen molar-refractivity contribution in [2.24, 2.45) is 0 Å². The van der Waals surface area contributed by atoms with Crippen molar-refractivity contribution >= 4 is 27.5 Å². The van der Waals surface area contributed by atoms with Crippen molar-refractivity contribution in [3.8, 4) is 0 Å². The predicted octanol–water partition coefficient (Wildman–Crippen LogP) is 4.01. The monoisotopic (exact) mass is 505 g/mol. The van der Waals surface area contributed by atoms with Gasteiger partial charge in [0.05, 0.1) is 11.9 Å². The van der Waals surface area contributed by atoms with Crippen LogP contribution in [0.2, 0.25) is 0 Å². The van der Waals surface area contributed by atoms with E-state index >= 15 is 0 Å². The molecule has 9 heteroatoms. The van der Waals surface area contributed by atoms with Crippen LogP contribution in [-0.2, 0) is 26.2 Å². The molecule has 0 aliphatic heterocycles. The number of aryl methyl sites for hydroxylation is 1. The molecule has 0 aromatic heterocycles. The Morgan fingerprint density at radius 3 is 2.43 bits per heavy atom. The molecule has 1 N–H and O–H groups in total. The largest absolute Gasteiger partial charge is 0.354 e.